The van der Waals surface area contributed by atoms with Gasteiger partial charge in [-0.15, -0.1) is 0 Å². The molecule has 0 aliphatic carbocycles. The summed E-state index contributed by atoms with van der Waals surface area (Å²) in [6.07, 6.45) is 1.86. The molecule has 0 atom stereocenters. The largest absolute Gasteiger partial charge is 0.352 e. The van der Waals surface area contributed by atoms with E-state index in [1.54, 1.807) is 21.4 Å². The number of imidazole rings is 1. The number of piperazine rings is 1. The van der Waals surface area contributed by atoms with Crippen LogP contribution < -0.4 is 10.6 Å². The number of rotatable bonds is 5. The van der Waals surface area contributed by atoms with Crippen molar-refractivity contribution >= 4 is 46.0 Å². The van der Waals surface area contributed by atoms with Gasteiger partial charge in [0.05, 0.1) is 21.1 Å². The van der Waals surface area contributed by atoms with Crippen molar-refractivity contribution in [1.82, 2.24) is 19.0 Å². The van der Waals surface area contributed by atoms with Crippen molar-refractivity contribution in [2.24, 2.45) is 0 Å². The number of fused-ring (bicyclic) bond motifs is 1. The molecular formula is C21H23Cl2N5O2. The van der Waals surface area contributed by atoms with Gasteiger partial charge >= 0.3 is 5.69 Å². The van der Waals surface area contributed by atoms with E-state index in [4.69, 9.17) is 23.2 Å². The van der Waals surface area contributed by atoms with Gasteiger partial charge in [0.15, 0.2) is 0 Å². The predicted octanol–water partition coefficient (Wildman–Crippen LogP) is 3.26. The van der Waals surface area contributed by atoms with Crippen LogP contribution >= 0.6 is 23.2 Å². The number of pyridine rings is 1. The van der Waals surface area contributed by atoms with Crippen molar-refractivity contribution < 1.29 is 4.79 Å². The molecule has 1 aliphatic rings. The molecule has 1 aliphatic heterocycles. The summed E-state index contributed by atoms with van der Waals surface area (Å²) in [6.45, 7) is 5.39. The second-order valence-electron chi connectivity index (χ2n) is 7.24. The van der Waals surface area contributed by atoms with Gasteiger partial charge in [0, 0.05) is 51.9 Å². The summed E-state index contributed by atoms with van der Waals surface area (Å²) in [7, 11) is 0. The maximum Gasteiger partial charge on any atom is 0.329 e. The third-order valence-corrected chi connectivity index (χ3v) is 6.00. The molecule has 0 N–H and O–H groups in total. The molecule has 7 nitrogen and oxygen atoms in total. The zero-order valence-corrected chi connectivity index (χ0v) is 18.2. The molecule has 30 heavy (non-hydrogen) atoms. The summed E-state index contributed by atoms with van der Waals surface area (Å²) in [5, 5.41) is 1.01. The summed E-state index contributed by atoms with van der Waals surface area (Å²) < 4.78 is 3.44. The van der Waals surface area contributed by atoms with E-state index in [2.05, 4.69) is 9.88 Å². The van der Waals surface area contributed by atoms with Crippen molar-refractivity contribution in [3.63, 3.8) is 0 Å². The molecule has 1 saturated heterocycles. The Kier molecular flexibility index (Phi) is 6.01. The molecule has 4 rings (SSSR count). The van der Waals surface area contributed by atoms with Crippen molar-refractivity contribution in [1.29, 1.82) is 0 Å². The first-order valence-electron chi connectivity index (χ1n) is 10.0. The maximum absolute atomic E-state index is 12.8. The number of aromatic nitrogens is 3. The zero-order valence-electron chi connectivity index (χ0n) is 16.7. The van der Waals surface area contributed by atoms with Crippen LogP contribution in [-0.2, 0) is 17.9 Å². The van der Waals surface area contributed by atoms with E-state index in [1.165, 1.54) is 0 Å². The number of nitrogens with zero attached hydrogens (tertiary/aromatic N) is 5. The molecule has 9 heteroatoms. The average molecular weight is 448 g/mol. The van der Waals surface area contributed by atoms with Gasteiger partial charge in [-0.25, -0.2) is 9.78 Å². The molecule has 0 spiro atoms. The number of anilines is 1. The van der Waals surface area contributed by atoms with Crippen LogP contribution in [0.5, 0.6) is 0 Å². The fourth-order valence-electron chi connectivity index (χ4n) is 3.97. The van der Waals surface area contributed by atoms with Crippen LogP contribution in [0.1, 0.15) is 13.3 Å². The van der Waals surface area contributed by atoms with Crippen LogP contribution in [0.4, 0.5) is 5.82 Å². The molecule has 0 radical (unpaired) electrons. The first kappa shape index (κ1) is 20.8. The summed E-state index contributed by atoms with van der Waals surface area (Å²) in [6, 6.07) is 9.37. The summed E-state index contributed by atoms with van der Waals surface area (Å²) in [5.41, 5.74) is 1.70. The van der Waals surface area contributed by atoms with E-state index >= 15 is 0 Å². The summed E-state index contributed by atoms with van der Waals surface area (Å²) in [4.78, 5) is 33.7. The predicted molar refractivity (Wildman–Crippen MR) is 120 cm³/mol. The lowest BCUT2D eigenvalue weighted by Crippen LogP contribution is -2.49. The highest BCUT2D eigenvalue weighted by Crippen LogP contribution is 2.26. The molecular weight excluding hydrogens is 425 g/mol. The maximum atomic E-state index is 12.8. The van der Waals surface area contributed by atoms with Crippen LogP contribution in [0.25, 0.3) is 11.0 Å². The summed E-state index contributed by atoms with van der Waals surface area (Å²) >= 11 is 12.2. The van der Waals surface area contributed by atoms with Gasteiger partial charge in [-0.3, -0.25) is 13.9 Å². The van der Waals surface area contributed by atoms with Gasteiger partial charge in [-0.2, -0.15) is 0 Å². The number of para-hydroxylation sites is 2. The van der Waals surface area contributed by atoms with Crippen LogP contribution in [0.3, 0.4) is 0 Å². The van der Waals surface area contributed by atoms with Crippen molar-refractivity contribution in [2.75, 3.05) is 31.1 Å². The number of carbonyl (C=O) groups is 1. The van der Waals surface area contributed by atoms with Crippen LogP contribution in [0.2, 0.25) is 10.0 Å². The van der Waals surface area contributed by atoms with E-state index in [9.17, 15) is 9.59 Å². The van der Waals surface area contributed by atoms with Crippen LogP contribution in [0.15, 0.2) is 41.3 Å². The Morgan fingerprint density at radius 1 is 1.07 bits per heavy atom. The lowest BCUT2D eigenvalue weighted by Gasteiger charge is -2.35. The number of hydrogen-bond acceptors (Lipinski definition) is 4. The van der Waals surface area contributed by atoms with Gasteiger partial charge in [0.25, 0.3) is 0 Å². The number of halogens is 2. The summed E-state index contributed by atoms with van der Waals surface area (Å²) in [5.74, 6) is 0.733. The topological polar surface area (TPSA) is 63.4 Å². The Bertz CT molecular complexity index is 1130. The highest BCUT2D eigenvalue weighted by molar-refractivity contribution is 6.36. The number of amides is 1. The van der Waals surface area contributed by atoms with Crippen molar-refractivity contribution in [3.8, 4) is 0 Å². The minimum absolute atomic E-state index is 0.0463. The molecule has 0 bridgehead atoms. The number of carbonyl (C=O) groups excluding carboxylic acids is 1. The standard InChI is InChI=1S/C21H23Cl2N5O2/c1-2-27-17-5-3-4-6-18(17)28(21(27)30)8-7-19(29)25-9-11-26(12-10-25)20-16(23)13-15(22)14-24-20/h3-6,13-14H,2,7-12H2,1H3. The minimum atomic E-state index is -0.0697. The van der Waals surface area contributed by atoms with E-state index in [0.717, 1.165) is 11.0 Å². The minimum Gasteiger partial charge on any atom is -0.352 e. The molecule has 1 aromatic carbocycles. The highest BCUT2D eigenvalue weighted by atomic mass is 35.5. The van der Waals surface area contributed by atoms with E-state index in [1.807, 2.05) is 36.1 Å². The smallest absolute Gasteiger partial charge is 0.329 e. The first-order valence-corrected chi connectivity index (χ1v) is 10.8. The third kappa shape index (κ3) is 3.91. The first-order chi connectivity index (χ1) is 14.5. The average Bonchev–Trinajstić information content (AvgIpc) is 3.02. The lowest BCUT2D eigenvalue weighted by atomic mass is 10.2. The number of benzene rings is 1. The van der Waals surface area contributed by atoms with Gasteiger partial charge in [-0.05, 0) is 25.1 Å². The molecule has 3 aromatic rings. The SMILES string of the molecule is CCn1c(=O)n(CCC(=O)N2CCN(c3ncc(Cl)cc3Cl)CC2)c2ccccc21. The van der Waals surface area contributed by atoms with E-state index < -0.39 is 0 Å². The van der Waals surface area contributed by atoms with E-state index in [-0.39, 0.29) is 18.0 Å². The molecule has 1 amide bonds. The van der Waals surface area contributed by atoms with Crippen molar-refractivity contribution in [3.05, 3.63) is 57.1 Å². The lowest BCUT2D eigenvalue weighted by molar-refractivity contribution is -0.131. The third-order valence-electron chi connectivity index (χ3n) is 5.51. The Morgan fingerprint density at radius 3 is 2.37 bits per heavy atom. The second-order valence-corrected chi connectivity index (χ2v) is 8.09. The Morgan fingerprint density at radius 2 is 1.73 bits per heavy atom. The zero-order chi connectivity index (χ0) is 21.3. The van der Waals surface area contributed by atoms with E-state index in [0.29, 0.717) is 55.1 Å². The fourth-order valence-corrected chi connectivity index (χ4v) is 4.47. The quantitative estimate of drug-likeness (QED) is 0.601. The second kappa shape index (κ2) is 8.70. The number of hydrogen-bond donors (Lipinski definition) is 0. The molecule has 0 unspecified atom stereocenters. The van der Waals surface area contributed by atoms with Gasteiger partial charge in [0.1, 0.15) is 5.82 Å². The molecule has 158 valence electrons. The molecule has 0 saturated carbocycles. The van der Waals surface area contributed by atoms with Gasteiger partial charge in [0.2, 0.25) is 5.91 Å². The van der Waals surface area contributed by atoms with Crippen LogP contribution in [0, 0.1) is 0 Å². The van der Waals surface area contributed by atoms with Crippen LogP contribution in [-0.4, -0.2) is 51.1 Å². The Hall–Kier alpha value is -2.51. The molecule has 1 fully saturated rings. The molecule has 2 aromatic heterocycles. The fraction of sp³-hybridized carbons (Fsp3) is 0.381. The normalized spacial score (nSPS) is 14.5. The monoisotopic (exact) mass is 447 g/mol. The number of aryl methyl sites for hydroxylation is 2. The van der Waals surface area contributed by atoms with Gasteiger partial charge < -0.3 is 9.80 Å². The molecule has 3 heterocycles. The Labute approximate surface area is 184 Å². The highest BCUT2D eigenvalue weighted by Gasteiger charge is 2.23. The van der Waals surface area contributed by atoms with Gasteiger partial charge in [-0.1, -0.05) is 35.3 Å². The Balaban J connectivity index is 1.40. The van der Waals surface area contributed by atoms with Crippen molar-refractivity contribution in [2.45, 2.75) is 26.4 Å².